The summed E-state index contributed by atoms with van der Waals surface area (Å²) in [6.45, 7) is 0. The third kappa shape index (κ3) is 2.12. The zero-order valence-corrected chi connectivity index (χ0v) is 7.35. The van der Waals surface area contributed by atoms with Crippen molar-refractivity contribution in [2.45, 2.75) is 31.3 Å². The molecule has 1 saturated carbocycles. The summed E-state index contributed by atoms with van der Waals surface area (Å²) in [5, 5.41) is 10.8. The maximum absolute atomic E-state index is 5.78. The van der Waals surface area contributed by atoms with Crippen LogP contribution in [0.25, 0.3) is 0 Å². The minimum atomic E-state index is 0.328. The van der Waals surface area contributed by atoms with Crippen molar-refractivity contribution in [1.29, 1.82) is 0 Å². The average molecular weight is 179 g/mol. The van der Waals surface area contributed by atoms with Gasteiger partial charge in [0.2, 0.25) is 5.95 Å². The van der Waals surface area contributed by atoms with Gasteiger partial charge in [-0.2, -0.15) is 5.10 Å². The van der Waals surface area contributed by atoms with Gasteiger partial charge in [0, 0.05) is 12.1 Å². The fraction of sp³-hybridized carbons (Fsp3) is 0.625. The maximum Gasteiger partial charge on any atom is 0.242 e. The molecule has 0 bridgehead atoms. The molecule has 1 heterocycles. The summed E-state index contributed by atoms with van der Waals surface area (Å²) in [7, 11) is 0. The topological polar surface area (TPSA) is 76.7 Å². The molecule has 3 N–H and O–H groups in total. The lowest BCUT2D eigenvalue weighted by molar-refractivity contribution is 0.683. The van der Waals surface area contributed by atoms with Gasteiger partial charge in [0.05, 0.1) is 12.4 Å². The van der Waals surface area contributed by atoms with Crippen LogP contribution in [-0.4, -0.2) is 27.3 Å². The molecule has 5 nitrogen and oxygen atoms in total. The van der Waals surface area contributed by atoms with E-state index >= 15 is 0 Å². The lowest BCUT2D eigenvalue weighted by Crippen LogP contribution is -2.21. The summed E-state index contributed by atoms with van der Waals surface area (Å²) >= 11 is 0. The Bertz CT molecular complexity index is 262. The number of rotatable bonds is 2. The molecule has 0 amide bonds. The first kappa shape index (κ1) is 8.37. The average Bonchev–Trinajstić information content (AvgIpc) is 2.53. The van der Waals surface area contributed by atoms with Crippen LogP contribution in [0, 0.1) is 0 Å². The molecule has 1 fully saturated rings. The van der Waals surface area contributed by atoms with E-state index in [1.807, 2.05) is 0 Å². The molecule has 0 aliphatic heterocycles. The second-order valence-electron chi connectivity index (χ2n) is 3.38. The van der Waals surface area contributed by atoms with E-state index in [2.05, 4.69) is 20.5 Å². The van der Waals surface area contributed by atoms with Crippen molar-refractivity contribution in [3.8, 4) is 0 Å². The van der Waals surface area contributed by atoms with E-state index in [4.69, 9.17) is 5.73 Å². The van der Waals surface area contributed by atoms with Crippen LogP contribution in [0.15, 0.2) is 12.4 Å². The SMILES string of the molecule is N[C@H]1CC[C@H](Nc2nccnn2)C1. The Labute approximate surface area is 76.8 Å². The lowest BCUT2D eigenvalue weighted by atomic mass is 10.2. The molecule has 1 aliphatic rings. The quantitative estimate of drug-likeness (QED) is 0.676. The van der Waals surface area contributed by atoms with Crippen LogP contribution < -0.4 is 11.1 Å². The predicted octanol–water partition coefficient (Wildman–Crippen LogP) is 0.163. The van der Waals surface area contributed by atoms with Crippen LogP contribution in [0.5, 0.6) is 0 Å². The van der Waals surface area contributed by atoms with Crippen molar-refractivity contribution >= 4 is 5.95 Å². The highest BCUT2D eigenvalue weighted by Crippen LogP contribution is 2.19. The zero-order chi connectivity index (χ0) is 9.10. The number of hydrogen-bond acceptors (Lipinski definition) is 5. The van der Waals surface area contributed by atoms with Gasteiger partial charge in [-0.05, 0) is 19.3 Å². The van der Waals surface area contributed by atoms with Gasteiger partial charge in [-0.3, -0.25) is 0 Å². The fourth-order valence-electron chi connectivity index (χ4n) is 1.64. The fourth-order valence-corrected chi connectivity index (χ4v) is 1.64. The lowest BCUT2D eigenvalue weighted by Gasteiger charge is -2.10. The highest BCUT2D eigenvalue weighted by Gasteiger charge is 2.21. The smallest absolute Gasteiger partial charge is 0.242 e. The second-order valence-corrected chi connectivity index (χ2v) is 3.38. The summed E-state index contributed by atoms with van der Waals surface area (Å²) < 4.78 is 0. The van der Waals surface area contributed by atoms with E-state index in [1.54, 1.807) is 12.4 Å². The standard InChI is InChI=1S/C8H13N5/c9-6-1-2-7(5-6)12-8-10-3-4-11-13-8/h3-4,6-7H,1-2,5,9H2,(H,10,12,13)/t6-,7-/m0/s1. The first-order valence-electron chi connectivity index (χ1n) is 4.50. The minimum absolute atomic E-state index is 0.328. The molecule has 1 aromatic rings. The monoisotopic (exact) mass is 179 g/mol. The Kier molecular flexibility index (Phi) is 2.35. The van der Waals surface area contributed by atoms with Crippen LogP contribution in [0.1, 0.15) is 19.3 Å². The van der Waals surface area contributed by atoms with Gasteiger partial charge in [-0.1, -0.05) is 0 Å². The Hall–Kier alpha value is -1.23. The number of nitrogens with one attached hydrogen (secondary N) is 1. The van der Waals surface area contributed by atoms with Gasteiger partial charge in [-0.15, -0.1) is 5.10 Å². The molecule has 0 unspecified atom stereocenters. The van der Waals surface area contributed by atoms with Crippen LogP contribution in [-0.2, 0) is 0 Å². The Morgan fingerprint density at radius 2 is 2.31 bits per heavy atom. The third-order valence-corrected chi connectivity index (χ3v) is 2.29. The predicted molar refractivity (Wildman–Crippen MR) is 49.1 cm³/mol. The van der Waals surface area contributed by atoms with Gasteiger partial charge in [0.25, 0.3) is 0 Å². The van der Waals surface area contributed by atoms with Gasteiger partial charge in [0.1, 0.15) is 0 Å². The van der Waals surface area contributed by atoms with E-state index < -0.39 is 0 Å². The highest BCUT2D eigenvalue weighted by atomic mass is 15.2. The molecule has 0 radical (unpaired) electrons. The highest BCUT2D eigenvalue weighted by molar-refractivity contribution is 5.23. The van der Waals surface area contributed by atoms with Crippen LogP contribution in [0.4, 0.5) is 5.95 Å². The Morgan fingerprint density at radius 3 is 2.92 bits per heavy atom. The molecular formula is C8H13N5. The summed E-state index contributed by atoms with van der Waals surface area (Å²) in [5.41, 5.74) is 5.78. The number of nitrogens with zero attached hydrogens (tertiary/aromatic N) is 3. The summed E-state index contributed by atoms with van der Waals surface area (Å²) in [6, 6.07) is 0.744. The maximum atomic E-state index is 5.78. The molecule has 2 rings (SSSR count). The van der Waals surface area contributed by atoms with Crippen molar-refractivity contribution in [3.63, 3.8) is 0 Å². The zero-order valence-electron chi connectivity index (χ0n) is 7.35. The summed E-state index contributed by atoms with van der Waals surface area (Å²) in [6.07, 6.45) is 6.37. The van der Waals surface area contributed by atoms with Crippen molar-refractivity contribution in [3.05, 3.63) is 12.4 Å². The Balaban J connectivity index is 1.92. The molecule has 1 aromatic heterocycles. The van der Waals surface area contributed by atoms with Crippen molar-refractivity contribution in [2.75, 3.05) is 5.32 Å². The van der Waals surface area contributed by atoms with E-state index in [0.717, 1.165) is 19.3 Å². The van der Waals surface area contributed by atoms with Gasteiger partial charge < -0.3 is 11.1 Å². The van der Waals surface area contributed by atoms with Crippen molar-refractivity contribution < 1.29 is 0 Å². The molecule has 0 aromatic carbocycles. The molecule has 2 atom stereocenters. The third-order valence-electron chi connectivity index (χ3n) is 2.29. The number of nitrogens with two attached hydrogens (primary N) is 1. The van der Waals surface area contributed by atoms with Crippen LogP contribution in [0.3, 0.4) is 0 Å². The van der Waals surface area contributed by atoms with E-state index in [1.165, 1.54) is 0 Å². The molecule has 70 valence electrons. The van der Waals surface area contributed by atoms with Gasteiger partial charge >= 0.3 is 0 Å². The molecule has 0 saturated heterocycles. The van der Waals surface area contributed by atoms with Gasteiger partial charge in [0.15, 0.2) is 0 Å². The van der Waals surface area contributed by atoms with E-state index in [0.29, 0.717) is 18.0 Å². The van der Waals surface area contributed by atoms with Gasteiger partial charge in [-0.25, -0.2) is 4.98 Å². The number of aromatic nitrogens is 3. The number of hydrogen-bond donors (Lipinski definition) is 2. The van der Waals surface area contributed by atoms with E-state index in [-0.39, 0.29) is 0 Å². The van der Waals surface area contributed by atoms with Crippen molar-refractivity contribution in [2.24, 2.45) is 5.73 Å². The molecular weight excluding hydrogens is 166 g/mol. The summed E-state index contributed by atoms with van der Waals surface area (Å²) in [5.74, 6) is 0.599. The Morgan fingerprint density at radius 1 is 1.38 bits per heavy atom. The number of anilines is 1. The van der Waals surface area contributed by atoms with Crippen LogP contribution >= 0.6 is 0 Å². The van der Waals surface area contributed by atoms with E-state index in [9.17, 15) is 0 Å². The van der Waals surface area contributed by atoms with Crippen molar-refractivity contribution in [1.82, 2.24) is 15.2 Å². The molecule has 13 heavy (non-hydrogen) atoms. The first-order chi connectivity index (χ1) is 6.34. The molecule has 0 spiro atoms. The first-order valence-corrected chi connectivity index (χ1v) is 4.50. The second kappa shape index (κ2) is 3.66. The van der Waals surface area contributed by atoms with Crippen LogP contribution in [0.2, 0.25) is 0 Å². The largest absolute Gasteiger partial charge is 0.350 e. The minimum Gasteiger partial charge on any atom is -0.350 e. The summed E-state index contributed by atoms with van der Waals surface area (Å²) in [4.78, 5) is 4.04. The molecule has 5 heteroatoms. The normalized spacial score (nSPS) is 27.5. The molecule has 1 aliphatic carbocycles.